The van der Waals surface area contributed by atoms with Crippen LogP contribution in [-0.4, -0.2) is 0 Å². The Hall–Kier alpha value is 0. The van der Waals surface area contributed by atoms with Crippen LogP contribution in [0.2, 0.25) is 0 Å². The van der Waals surface area contributed by atoms with Crippen molar-refractivity contribution in [2.45, 2.75) is 53.9 Å². The molecule has 2 fully saturated rings. The van der Waals surface area contributed by atoms with Gasteiger partial charge in [0.25, 0.3) is 0 Å². The monoisotopic (exact) mass is 180 g/mol. The van der Waals surface area contributed by atoms with Crippen LogP contribution in [-0.2, 0) is 0 Å². The first kappa shape index (κ1) is 9.55. The molecule has 0 aromatic heterocycles. The van der Waals surface area contributed by atoms with E-state index in [1.807, 2.05) is 0 Å². The van der Waals surface area contributed by atoms with Gasteiger partial charge in [0, 0.05) is 0 Å². The Kier molecular flexibility index (Phi) is 1.85. The molecule has 0 radical (unpaired) electrons. The first-order valence-corrected chi connectivity index (χ1v) is 5.93. The van der Waals surface area contributed by atoms with E-state index in [1.165, 1.54) is 19.3 Å². The third-order valence-electron chi connectivity index (χ3n) is 5.92. The quantitative estimate of drug-likeness (QED) is 0.570. The summed E-state index contributed by atoms with van der Waals surface area (Å²) in [5.74, 6) is 3.01. The Morgan fingerprint density at radius 2 is 1.77 bits per heavy atom. The Bertz CT molecular complexity index is 216. The van der Waals surface area contributed by atoms with Gasteiger partial charge in [0.05, 0.1) is 0 Å². The maximum atomic E-state index is 2.53. The molecule has 0 nitrogen and oxygen atoms in total. The minimum Gasteiger partial charge on any atom is -0.0648 e. The van der Waals surface area contributed by atoms with Crippen molar-refractivity contribution in [2.24, 2.45) is 28.6 Å². The summed E-state index contributed by atoms with van der Waals surface area (Å²) in [6.07, 6.45) is 4.38. The fraction of sp³-hybridized carbons (Fsp3) is 1.00. The van der Waals surface area contributed by atoms with Gasteiger partial charge >= 0.3 is 0 Å². The van der Waals surface area contributed by atoms with Gasteiger partial charge in [-0.15, -0.1) is 0 Å². The number of hydrogen-bond donors (Lipinski definition) is 0. The van der Waals surface area contributed by atoms with Crippen molar-refractivity contribution in [2.75, 3.05) is 0 Å². The van der Waals surface area contributed by atoms with Crippen LogP contribution in [0.25, 0.3) is 0 Å². The second-order valence-corrected chi connectivity index (χ2v) is 6.24. The van der Waals surface area contributed by atoms with Crippen molar-refractivity contribution in [3.05, 3.63) is 0 Å². The molecule has 4 atom stereocenters. The van der Waals surface area contributed by atoms with Crippen molar-refractivity contribution in [3.63, 3.8) is 0 Å². The topological polar surface area (TPSA) is 0 Å². The van der Waals surface area contributed by atoms with Crippen molar-refractivity contribution in [3.8, 4) is 0 Å². The van der Waals surface area contributed by atoms with Gasteiger partial charge in [-0.05, 0) is 47.8 Å². The average Bonchev–Trinajstić information content (AvgIpc) is 2.52. The number of hydrogen-bond acceptors (Lipinski definition) is 0. The molecular formula is C13H24. The van der Waals surface area contributed by atoms with Crippen molar-refractivity contribution >= 4 is 0 Å². The molecule has 76 valence electrons. The van der Waals surface area contributed by atoms with Crippen LogP contribution in [0.5, 0.6) is 0 Å². The fourth-order valence-corrected chi connectivity index (χ4v) is 4.47. The van der Waals surface area contributed by atoms with Crippen LogP contribution in [0.15, 0.2) is 0 Å². The number of fused-ring (bicyclic) bond motifs is 2. The van der Waals surface area contributed by atoms with E-state index in [2.05, 4.69) is 34.6 Å². The summed E-state index contributed by atoms with van der Waals surface area (Å²) < 4.78 is 0. The number of rotatable bonds is 1. The zero-order valence-electron chi connectivity index (χ0n) is 9.85. The molecule has 0 saturated heterocycles. The van der Waals surface area contributed by atoms with E-state index in [0.29, 0.717) is 10.8 Å². The average molecular weight is 180 g/mol. The summed E-state index contributed by atoms with van der Waals surface area (Å²) in [7, 11) is 0. The molecule has 2 bridgehead atoms. The van der Waals surface area contributed by atoms with Gasteiger partial charge in [-0.2, -0.15) is 0 Å². The molecule has 4 unspecified atom stereocenters. The SMILES string of the molecule is CCC1(C)C2CC(C)C(C2)C1(C)C. The Morgan fingerprint density at radius 1 is 1.15 bits per heavy atom. The lowest BCUT2D eigenvalue weighted by Crippen LogP contribution is -2.42. The predicted octanol–water partition coefficient (Wildman–Crippen LogP) is 4.10. The first-order valence-electron chi connectivity index (χ1n) is 5.93. The molecule has 0 aromatic carbocycles. The molecule has 2 rings (SSSR count). The predicted molar refractivity (Wildman–Crippen MR) is 57.6 cm³/mol. The molecule has 2 aliphatic rings. The molecule has 0 aromatic rings. The van der Waals surface area contributed by atoms with E-state index >= 15 is 0 Å². The van der Waals surface area contributed by atoms with Crippen LogP contribution < -0.4 is 0 Å². The van der Waals surface area contributed by atoms with Gasteiger partial charge < -0.3 is 0 Å². The minimum atomic E-state index is 0.587. The molecular weight excluding hydrogens is 156 g/mol. The van der Waals surface area contributed by atoms with E-state index in [4.69, 9.17) is 0 Å². The molecule has 2 aliphatic carbocycles. The summed E-state index contributed by atoms with van der Waals surface area (Å²) in [6, 6.07) is 0. The lowest BCUT2D eigenvalue weighted by molar-refractivity contribution is -0.00702. The lowest BCUT2D eigenvalue weighted by atomic mass is 9.55. The summed E-state index contributed by atoms with van der Waals surface area (Å²) in [5.41, 5.74) is 1.22. The van der Waals surface area contributed by atoms with E-state index in [0.717, 1.165) is 17.8 Å². The third kappa shape index (κ3) is 0.926. The zero-order valence-corrected chi connectivity index (χ0v) is 9.85. The van der Waals surface area contributed by atoms with Crippen LogP contribution in [0.3, 0.4) is 0 Å². The van der Waals surface area contributed by atoms with E-state index in [9.17, 15) is 0 Å². The fourth-order valence-electron chi connectivity index (χ4n) is 4.47. The summed E-state index contributed by atoms with van der Waals surface area (Å²) in [4.78, 5) is 0. The highest BCUT2D eigenvalue weighted by atomic mass is 14.7. The Balaban J connectivity index is 2.35. The molecule has 0 N–H and O–H groups in total. The first-order chi connectivity index (χ1) is 5.93. The second kappa shape index (κ2) is 2.52. The van der Waals surface area contributed by atoms with Gasteiger partial charge in [-0.3, -0.25) is 0 Å². The van der Waals surface area contributed by atoms with Crippen LogP contribution >= 0.6 is 0 Å². The maximum absolute atomic E-state index is 2.53. The van der Waals surface area contributed by atoms with Gasteiger partial charge in [-0.25, -0.2) is 0 Å². The van der Waals surface area contributed by atoms with E-state index < -0.39 is 0 Å². The molecule has 13 heavy (non-hydrogen) atoms. The maximum Gasteiger partial charge on any atom is -0.0246 e. The summed E-state index contributed by atoms with van der Waals surface area (Å²) >= 11 is 0. The van der Waals surface area contributed by atoms with E-state index in [-0.39, 0.29) is 0 Å². The van der Waals surface area contributed by atoms with Crippen molar-refractivity contribution in [1.82, 2.24) is 0 Å². The van der Waals surface area contributed by atoms with Crippen LogP contribution in [0.4, 0.5) is 0 Å². The van der Waals surface area contributed by atoms with Gasteiger partial charge in [0.15, 0.2) is 0 Å². The zero-order chi connectivity index (χ0) is 9.85. The summed E-state index contributed by atoms with van der Waals surface area (Å²) in [5, 5.41) is 0. The minimum absolute atomic E-state index is 0.587. The standard InChI is InChI=1S/C13H24/c1-6-13(5)10-7-9(2)11(8-10)12(13,3)4/h9-11H,6-8H2,1-5H3. The lowest BCUT2D eigenvalue weighted by Gasteiger charge is -2.49. The normalized spacial score (nSPS) is 52.8. The largest absolute Gasteiger partial charge is 0.0648 e. The molecule has 0 aliphatic heterocycles. The highest BCUT2D eigenvalue weighted by molar-refractivity contribution is 5.10. The third-order valence-corrected chi connectivity index (χ3v) is 5.92. The molecule has 0 amide bonds. The van der Waals surface area contributed by atoms with Crippen LogP contribution in [0, 0.1) is 28.6 Å². The van der Waals surface area contributed by atoms with Gasteiger partial charge in [0.1, 0.15) is 0 Å². The highest BCUT2D eigenvalue weighted by Crippen LogP contribution is 2.68. The van der Waals surface area contributed by atoms with Gasteiger partial charge in [0.2, 0.25) is 0 Å². The molecule has 2 saturated carbocycles. The molecule has 0 heterocycles. The highest BCUT2D eigenvalue weighted by Gasteiger charge is 2.61. The van der Waals surface area contributed by atoms with Gasteiger partial charge in [-0.1, -0.05) is 34.6 Å². The molecule has 0 spiro atoms. The second-order valence-electron chi connectivity index (χ2n) is 6.24. The Morgan fingerprint density at radius 3 is 2.15 bits per heavy atom. The Labute approximate surface area is 83.1 Å². The smallest absolute Gasteiger partial charge is 0.0246 e. The van der Waals surface area contributed by atoms with Crippen LogP contribution in [0.1, 0.15) is 53.9 Å². The molecule has 0 heteroatoms. The van der Waals surface area contributed by atoms with Crippen molar-refractivity contribution < 1.29 is 0 Å². The van der Waals surface area contributed by atoms with Crippen molar-refractivity contribution in [1.29, 1.82) is 0 Å². The van der Waals surface area contributed by atoms with E-state index in [1.54, 1.807) is 0 Å². The summed E-state index contributed by atoms with van der Waals surface area (Å²) in [6.45, 7) is 12.4.